The summed E-state index contributed by atoms with van der Waals surface area (Å²) in [5.74, 6) is -2.52. The molecule has 6 heteroatoms. The van der Waals surface area contributed by atoms with Gasteiger partial charge in [-0.25, -0.2) is 4.79 Å². The highest BCUT2D eigenvalue weighted by atomic mass is 19.1. The van der Waals surface area contributed by atoms with Crippen molar-refractivity contribution in [2.45, 2.75) is 33.8 Å². The second-order valence-electron chi connectivity index (χ2n) is 7.75. The van der Waals surface area contributed by atoms with E-state index >= 15 is 0 Å². The molecule has 0 bridgehead atoms. The molecule has 0 aliphatic heterocycles. The van der Waals surface area contributed by atoms with E-state index in [1.165, 1.54) is 6.08 Å². The van der Waals surface area contributed by atoms with Crippen molar-refractivity contribution in [1.29, 1.82) is 0 Å². The third kappa shape index (κ3) is 4.94. The number of carbonyl (C=O) groups is 2. The van der Waals surface area contributed by atoms with Crippen LogP contribution < -0.4 is 0 Å². The summed E-state index contributed by atoms with van der Waals surface area (Å²) < 4.78 is 29.5. The van der Waals surface area contributed by atoms with E-state index in [2.05, 4.69) is 4.74 Å². The summed E-state index contributed by atoms with van der Waals surface area (Å²) in [5.41, 5.74) is 1.41. The molecular formula is C23H25FO5. The number of ether oxygens (including phenoxy) is 2. The first-order valence-electron chi connectivity index (χ1n) is 9.64. The topological polar surface area (TPSA) is 65.7 Å². The van der Waals surface area contributed by atoms with Crippen LogP contribution in [0, 0.1) is 17.3 Å². The molecule has 0 saturated heterocycles. The Morgan fingerprint density at radius 3 is 2.59 bits per heavy atom. The average molecular weight is 400 g/mol. The lowest BCUT2D eigenvalue weighted by atomic mass is 10.1. The predicted octanol–water partition coefficient (Wildman–Crippen LogP) is 4.60. The first kappa shape index (κ1) is 20.8. The van der Waals surface area contributed by atoms with Crippen LogP contribution in [-0.2, 0) is 32.1 Å². The van der Waals surface area contributed by atoms with Gasteiger partial charge in [0.15, 0.2) is 0 Å². The second kappa shape index (κ2) is 8.64. The van der Waals surface area contributed by atoms with Gasteiger partial charge in [-0.2, -0.15) is 4.39 Å². The fourth-order valence-corrected chi connectivity index (χ4v) is 3.50. The number of rotatable bonds is 8. The van der Waals surface area contributed by atoms with Crippen molar-refractivity contribution in [3.63, 3.8) is 0 Å². The Balaban J connectivity index is 1.54. The van der Waals surface area contributed by atoms with Crippen LogP contribution in [0.4, 0.5) is 4.39 Å². The maximum absolute atomic E-state index is 13.9. The number of hydrogen-bond acceptors (Lipinski definition) is 5. The SMILES string of the molecule is CCOC(=O)/C(F)=C\[C@H]1[C@@H](C(=O)OCc2coc(Cc3ccccc3)c2)C1(C)C. The summed E-state index contributed by atoms with van der Waals surface area (Å²) in [4.78, 5) is 23.9. The number of benzene rings is 1. The fourth-order valence-electron chi connectivity index (χ4n) is 3.50. The first-order valence-corrected chi connectivity index (χ1v) is 9.64. The molecule has 1 fully saturated rings. The molecule has 2 aromatic rings. The van der Waals surface area contributed by atoms with Crippen LogP contribution in [-0.4, -0.2) is 18.5 Å². The third-order valence-electron chi connectivity index (χ3n) is 5.27. The Bertz CT molecular complexity index is 897. The Labute approximate surface area is 169 Å². The van der Waals surface area contributed by atoms with Gasteiger partial charge in [0.2, 0.25) is 5.83 Å². The fraction of sp³-hybridized carbons (Fsp3) is 0.391. The highest BCUT2D eigenvalue weighted by Gasteiger charge is 2.62. The largest absolute Gasteiger partial charge is 0.469 e. The van der Waals surface area contributed by atoms with Crippen molar-refractivity contribution in [2.75, 3.05) is 6.61 Å². The van der Waals surface area contributed by atoms with Gasteiger partial charge in [0.05, 0.1) is 18.8 Å². The second-order valence-corrected chi connectivity index (χ2v) is 7.75. The zero-order chi connectivity index (χ0) is 21.0. The molecule has 1 aromatic carbocycles. The van der Waals surface area contributed by atoms with E-state index in [9.17, 15) is 14.0 Å². The molecule has 0 spiro atoms. The van der Waals surface area contributed by atoms with Gasteiger partial charge in [0.25, 0.3) is 0 Å². The number of esters is 2. The van der Waals surface area contributed by atoms with Gasteiger partial charge in [-0.1, -0.05) is 44.2 Å². The van der Waals surface area contributed by atoms with Crippen molar-refractivity contribution in [1.82, 2.24) is 0 Å². The number of carbonyl (C=O) groups excluding carboxylic acids is 2. The van der Waals surface area contributed by atoms with Crippen LogP contribution >= 0.6 is 0 Å². The number of hydrogen-bond donors (Lipinski definition) is 0. The molecule has 1 aromatic heterocycles. The van der Waals surface area contributed by atoms with Gasteiger partial charge in [-0.3, -0.25) is 4.79 Å². The van der Waals surface area contributed by atoms with E-state index in [0.29, 0.717) is 6.42 Å². The third-order valence-corrected chi connectivity index (χ3v) is 5.27. The molecule has 1 saturated carbocycles. The molecule has 0 unspecified atom stereocenters. The van der Waals surface area contributed by atoms with E-state index in [1.807, 2.05) is 50.2 Å². The van der Waals surface area contributed by atoms with E-state index in [1.54, 1.807) is 13.2 Å². The Morgan fingerprint density at radius 2 is 1.90 bits per heavy atom. The molecule has 154 valence electrons. The quantitative estimate of drug-likeness (QED) is 0.479. The molecule has 1 heterocycles. The van der Waals surface area contributed by atoms with Crippen LogP contribution in [0.2, 0.25) is 0 Å². The summed E-state index contributed by atoms with van der Waals surface area (Å²) in [5, 5.41) is 0. The maximum atomic E-state index is 13.9. The zero-order valence-electron chi connectivity index (χ0n) is 16.8. The molecule has 2 atom stereocenters. The van der Waals surface area contributed by atoms with Crippen LogP contribution in [0.15, 0.2) is 59.0 Å². The molecule has 0 N–H and O–H groups in total. The van der Waals surface area contributed by atoms with E-state index in [0.717, 1.165) is 16.9 Å². The standard InChI is InChI=1S/C23H25FO5/c1-4-27-21(25)19(24)12-18-20(23(18,2)3)22(26)29-14-16-11-17(28-13-16)10-15-8-6-5-7-9-15/h5-9,11-13,18,20H,4,10,14H2,1-3H3/b19-12+/t18-,20-/m0/s1. The maximum Gasteiger partial charge on any atom is 0.366 e. The molecule has 29 heavy (non-hydrogen) atoms. The minimum absolute atomic E-state index is 0.0838. The lowest BCUT2D eigenvalue weighted by Gasteiger charge is -2.03. The predicted molar refractivity (Wildman–Crippen MR) is 104 cm³/mol. The van der Waals surface area contributed by atoms with Crippen LogP contribution in [0.5, 0.6) is 0 Å². The minimum atomic E-state index is -1.01. The molecule has 3 rings (SSSR count). The van der Waals surface area contributed by atoms with Crippen LogP contribution in [0.3, 0.4) is 0 Å². The molecule has 0 radical (unpaired) electrons. The minimum Gasteiger partial charge on any atom is -0.469 e. The van der Waals surface area contributed by atoms with Crippen molar-refractivity contribution in [3.8, 4) is 0 Å². The van der Waals surface area contributed by atoms with Gasteiger partial charge >= 0.3 is 11.9 Å². The average Bonchev–Trinajstić information content (AvgIpc) is 3.01. The highest BCUT2D eigenvalue weighted by Crippen LogP contribution is 2.60. The van der Waals surface area contributed by atoms with Gasteiger partial charge < -0.3 is 13.9 Å². The van der Waals surface area contributed by atoms with Crippen molar-refractivity contribution in [2.24, 2.45) is 17.3 Å². The van der Waals surface area contributed by atoms with Gasteiger partial charge in [-0.15, -0.1) is 0 Å². The smallest absolute Gasteiger partial charge is 0.366 e. The van der Waals surface area contributed by atoms with E-state index < -0.39 is 35.0 Å². The molecule has 5 nitrogen and oxygen atoms in total. The van der Waals surface area contributed by atoms with Gasteiger partial charge in [-0.05, 0) is 36.0 Å². The first-order chi connectivity index (χ1) is 13.8. The van der Waals surface area contributed by atoms with E-state index in [4.69, 9.17) is 9.15 Å². The lowest BCUT2D eigenvalue weighted by molar-refractivity contribution is -0.147. The summed E-state index contributed by atoms with van der Waals surface area (Å²) in [6.07, 6.45) is 3.39. The molecular weight excluding hydrogens is 375 g/mol. The Hall–Kier alpha value is -2.89. The molecule has 1 aliphatic carbocycles. The van der Waals surface area contributed by atoms with Crippen molar-refractivity contribution in [3.05, 3.63) is 71.5 Å². The highest BCUT2D eigenvalue weighted by molar-refractivity contribution is 5.86. The normalized spacial score (nSPS) is 20.2. The van der Waals surface area contributed by atoms with Crippen LogP contribution in [0.1, 0.15) is 37.7 Å². The summed E-state index contributed by atoms with van der Waals surface area (Å²) in [6.45, 7) is 5.47. The zero-order valence-corrected chi connectivity index (χ0v) is 16.8. The Kier molecular flexibility index (Phi) is 6.20. The summed E-state index contributed by atoms with van der Waals surface area (Å²) in [6, 6.07) is 11.8. The van der Waals surface area contributed by atoms with Gasteiger partial charge in [0.1, 0.15) is 12.4 Å². The monoisotopic (exact) mass is 400 g/mol. The lowest BCUT2D eigenvalue weighted by Crippen LogP contribution is -2.10. The number of allylic oxidation sites excluding steroid dienone is 1. The number of furan rings is 1. The molecule has 0 amide bonds. The van der Waals surface area contributed by atoms with Crippen LogP contribution in [0.25, 0.3) is 0 Å². The van der Waals surface area contributed by atoms with E-state index in [-0.39, 0.29) is 13.2 Å². The summed E-state index contributed by atoms with van der Waals surface area (Å²) >= 11 is 0. The van der Waals surface area contributed by atoms with Gasteiger partial charge in [0, 0.05) is 12.0 Å². The van der Waals surface area contributed by atoms with Crippen molar-refractivity contribution < 1.29 is 27.9 Å². The number of halogens is 1. The summed E-state index contributed by atoms with van der Waals surface area (Å²) in [7, 11) is 0. The van der Waals surface area contributed by atoms with Crippen molar-refractivity contribution >= 4 is 11.9 Å². The Morgan fingerprint density at radius 1 is 1.17 bits per heavy atom. The molecule has 1 aliphatic rings.